The van der Waals surface area contributed by atoms with Crippen LogP contribution >= 0.6 is 0 Å². The topological polar surface area (TPSA) is 87.1 Å². The van der Waals surface area contributed by atoms with Crippen LogP contribution in [0, 0.1) is 0 Å². The van der Waals surface area contributed by atoms with Gasteiger partial charge in [0.15, 0.2) is 12.0 Å². The van der Waals surface area contributed by atoms with Crippen molar-refractivity contribution in [3.8, 4) is 0 Å². The van der Waals surface area contributed by atoms with Crippen LogP contribution in [-0.2, 0) is 0 Å². The van der Waals surface area contributed by atoms with Gasteiger partial charge in [-0.15, -0.1) is 0 Å². The van der Waals surface area contributed by atoms with Crippen molar-refractivity contribution < 1.29 is 9.90 Å². The Labute approximate surface area is 67.7 Å². The lowest BCUT2D eigenvalue weighted by Crippen LogP contribution is -2.38. The van der Waals surface area contributed by atoms with E-state index in [4.69, 9.17) is 0 Å². The first-order chi connectivity index (χ1) is 5.77. The Morgan fingerprint density at radius 2 is 2.17 bits per heavy atom. The molecule has 0 radical (unpaired) electrons. The number of aliphatic hydroxyl groups is 1. The smallest absolute Gasteiger partial charge is 0.322 e. The van der Waals surface area contributed by atoms with Gasteiger partial charge in [-0.3, -0.25) is 10.3 Å². The van der Waals surface area contributed by atoms with Gasteiger partial charge in [0.25, 0.3) is 0 Å². The van der Waals surface area contributed by atoms with Crippen molar-refractivity contribution in [1.82, 2.24) is 15.3 Å². The Morgan fingerprint density at radius 1 is 1.42 bits per heavy atom. The fourth-order valence-electron chi connectivity index (χ4n) is 0.981. The number of aliphatic hydroxyl groups excluding tert-OH is 1. The van der Waals surface area contributed by atoms with Crippen LogP contribution in [-0.4, -0.2) is 21.1 Å². The molecule has 1 aromatic heterocycles. The first-order valence-electron chi connectivity index (χ1n) is 3.34. The van der Waals surface area contributed by atoms with E-state index in [0.717, 1.165) is 0 Å². The lowest BCUT2D eigenvalue weighted by Gasteiger charge is -2.20. The highest BCUT2D eigenvalue weighted by Crippen LogP contribution is 2.18. The summed E-state index contributed by atoms with van der Waals surface area (Å²) in [5.41, 5.74) is 0.331. The maximum Gasteiger partial charge on any atom is 0.322 e. The van der Waals surface area contributed by atoms with E-state index in [1.165, 1.54) is 12.4 Å². The summed E-state index contributed by atoms with van der Waals surface area (Å²) in [5.74, 6) is 0.300. The molecule has 1 aliphatic heterocycles. The van der Waals surface area contributed by atoms with E-state index in [-0.39, 0.29) is 0 Å². The largest absolute Gasteiger partial charge is 0.368 e. The summed E-state index contributed by atoms with van der Waals surface area (Å²) in [6.07, 6.45) is 1.82. The average molecular weight is 166 g/mol. The molecule has 1 aliphatic rings. The van der Waals surface area contributed by atoms with Gasteiger partial charge in [-0.2, -0.15) is 0 Å². The second-order valence-electron chi connectivity index (χ2n) is 2.29. The van der Waals surface area contributed by atoms with Gasteiger partial charge >= 0.3 is 6.03 Å². The zero-order chi connectivity index (χ0) is 8.55. The minimum absolute atomic E-state index is 0.300. The van der Waals surface area contributed by atoms with Gasteiger partial charge in [0.05, 0.1) is 0 Å². The number of amides is 2. The molecular weight excluding hydrogens is 160 g/mol. The van der Waals surface area contributed by atoms with Crippen LogP contribution in [0.1, 0.15) is 11.9 Å². The van der Waals surface area contributed by atoms with Crippen molar-refractivity contribution >= 4 is 11.8 Å². The monoisotopic (exact) mass is 166 g/mol. The third kappa shape index (κ3) is 0.978. The normalized spacial score (nSPS) is 20.8. The maximum atomic E-state index is 10.8. The third-order valence-corrected chi connectivity index (χ3v) is 1.49. The summed E-state index contributed by atoms with van der Waals surface area (Å²) in [7, 11) is 0. The van der Waals surface area contributed by atoms with Crippen molar-refractivity contribution in [3.63, 3.8) is 0 Å². The zero-order valence-electron chi connectivity index (χ0n) is 5.98. The van der Waals surface area contributed by atoms with Crippen molar-refractivity contribution in [2.45, 2.75) is 6.23 Å². The van der Waals surface area contributed by atoms with Crippen LogP contribution < -0.4 is 10.6 Å². The summed E-state index contributed by atoms with van der Waals surface area (Å²) in [4.78, 5) is 18.5. The highest BCUT2D eigenvalue weighted by atomic mass is 16.3. The molecule has 0 aliphatic carbocycles. The Morgan fingerprint density at radius 3 is 3.00 bits per heavy atom. The lowest BCUT2D eigenvalue weighted by molar-refractivity contribution is 0.139. The number of nitrogens with one attached hydrogen (secondary N) is 2. The minimum atomic E-state index is -1.07. The molecule has 0 fully saturated rings. The van der Waals surface area contributed by atoms with Gasteiger partial charge in [0.1, 0.15) is 5.69 Å². The number of nitrogens with zero attached hydrogens (tertiary/aromatic N) is 2. The number of anilines is 1. The molecule has 62 valence electrons. The Bertz CT molecular complexity index is 327. The predicted octanol–water partition coefficient (Wildman–Crippen LogP) is -0.397. The number of fused-ring (bicyclic) bond motifs is 1. The summed E-state index contributed by atoms with van der Waals surface area (Å²) < 4.78 is 0. The van der Waals surface area contributed by atoms with E-state index < -0.39 is 12.3 Å². The molecule has 1 atom stereocenters. The third-order valence-electron chi connectivity index (χ3n) is 1.49. The van der Waals surface area contributed by atoms with Crippen molar-refractivity contribution in [2.75, 3.05) is 5.32 Å². The number of carbonyl (C=O) groups excluding carboxylic acids is 1. The molecule has 12 heavy (non-hydrogen) atoms. The summed E-state index contributed by atoms with van der Waals surface area (Å²) >= 11 is 0. The molecule has 6 nitrogen and oxygen atoms in total. The van der Waals surface area contributed by atoms with Gasteiger partial charge < -0.3 is 10.4 Å². The Hall–Kier alpha value is -1.69. The summed E-state index contributed by atoms with van der Waals surface area (Å²) in [6.45, 7) is 0. The van der Waals surface area contributed by atoms with E-state index >= 15 is 0 Å². The molecule has 2 amide bonds. The highest BCUT2D eigenvalue weighted by Gasteiger charge is 2.23. The molecule has 6 heteroatoms. The van der Waals surface area contributed by atoms with Gasteiger partial charge in [-0.25, -0.2) is 9.78 Å². The molecule has 2 heterocycles. The first-order valence-corrected chi connectivity index (χ1v) is 3.34. The van der Waals surface area contributed by atoms with Crippen LogP contribution in [0.4, 0.5) is 10.6 Å². The van der Waals surface area contributed by atoms with Crippen molar-refractivity contribution in [3.05, 3.63) is 18.1 Å². The minimum Gasteiger partial charge on any atom is -0.368 e. The van der Waals surface area contributed by atoms with Crippen LogP contribution in [0.2, 0.25) is 0 Å². The lowest BCUT2D eigenvalue weighted by atomic mass is 10.3. The Kier molecular flexibility index (Phi) is 1.41. The van der Waals surface area contributed by atoms with E-state index in [0.29, 0.717) is 11.5 Å². The molecule has 0 spiro atoms. The number of hydrogen-bond donors (Lipinski definition) is 3. The standard InChI is InChI=1S/C6H6N4O2/c11-5-3-4(8-2-1-7-3)9-6(12)10-5/h1-2,5,11H,(H2,8,9,10,12). The summed E-state index contributed by atoms with van der Waals surface area (Å²) in [6, 6.07) is -0.476. The first kappa shape index (κ1) is 6.99. The van der Waals surface area contributed by atoms with Gasteiger partial charge in [0, 0.05) is 12.4 Å². The van der Waals surface area contributed by atoms with Crippen LogP contribution in [0.15, 0.2) is 12.4 Å². The molecule has 0 aromatic carbocycles. The number of urea groups is 1. The molecular formula is C6H6N4O2. The van der Waals surface area contributed by atoms with Gasteiger partial charge in [-0.1, -0.05) is 0 Å². The highest BCUT2D eigenvalue weighted by molar-refractivity contribution is 5.90. The van der Waals surface area contributed by atoms with Crippen LogP contribution in [0.3, 0.4) is 0 Å². The van der Waals surface area contributed by atoms with Crippen molar-refractivity contribution in [2.24, 2.45) is 0 Å². The molecule has 1 aromatic rings. The number of rotatable bonds is 0. The number of hydrogen-bond acceptors (Lipinski definition) is 4. The molecule has 0 saturated carbocycles. The number of aromatic nitrogens is 2. The predicted molar refractivity (Wildman–Crippen MR) is 39.1 cm³/mol. The quantitative estimate of drug-likeness (QED) is 0.489. The molecule has 1 unspecified atom stereocenters. The molecule has 3 N–H and O–H groups in total. The van der Waals surface area contributed by atoms with Crippen LogP contribution in [0.25, 0.3) is 0 Å². The second-order valence-corrected chi connectivity index (χ2v) is 2.29. The molecule has 0 saturated heterocycles. The van der Waals surface area contributed by atoms with E-state index in [1.807, 2.05) is 0 Å². The SMILES string of the molecule is O=C1Nc2nccnc2C(O)N1. The average Bonchev–Trinajstić information content (AvgIpc) is 2.04. The van der Waals surface area contributed by atoms with E-state index in [9.17, 15) is 9.90 Å². The number of carbonyl (C=O) groups is 1. The van der Waals surface area contributed by atoms with Crippen LogP contribution in [0.5, 0.6) is 0 Å². The zero-order valence-corrected chi connectivity index (χ0v) is 5.98. The van der Waals surface area contributed by atoms with Crippen molar-refractivity contribution in [1.29, 1.82) is 0 Å². The fraction of sp³-hybridized carbons (Fsp3) is 0.167. The maximum absolute atomic E-state index is 10.8. The van der Waals surface area contributed by atoms with E-state index in [1.54, 1.807) is 0 Å². The van der Waals surface area contributed by atoms with E-state index in [2.05, 4.69) is 20.6 Å². The second kappa shape index (κ2) is 2.42. The summed E-state index contributed by atoms with van der Waals surface area (Å²) in [5, 5.41) is 13.9. The molecule has 2 rings (SSSR count). The molecule has 0 bridgehead atoms. The van der Waals surface area contributed by atoms with Gasteiger partial charge in [0.2, 0.25) is 0 Å². The van der Waals surface area contributed by atoms with Gasteiger partial charge in [-0.05, 0) is 0 Å². The Balaban J connectivity index is 2.47. The fourth-order valence-corrected chi connectivity index (χ4v) is 0.981.